The molecule has 2 aromatic carbocycles. The average Bonchev–Trinajstić information content (AvgIpc) is 3.00. The van der Waals surface area contributed by atoms with Gasteiger partial charge < -0.3 is 19.5 Å². The Bertz CT molecular complexity index is 787. The fourth-order valence-corrected chi connectivity index (χ4v) is 3.69. The summed E-state index contributed by atoms with van der Waals surface area (Å²) in [5, 5.41) is 11.4. The Balaban J connectivity index is 1.73. The van der Waals surface area contributed by atoms with Crippen molar-refractivity contribution in [1.82, 2.24) is 4.90 Å². The zero-order chi connectivity index (χ0) is 19.4. The first kappa shape index (κ1) is 19.0. The third kappa shape index (κ3) is 3.82. The predicted octanol–water partition coefficient (Wildman–Crippen LogP) is 3.18. The van der Waals surface area contributed by atoms with Crippen molar-refractivity contribution in [2.45, 2.75) is 38.1 Å². The van der Waals surface area contributed by atoms with Gasteiger partial charge in [0.2, 0.25) is 0 Å². The van der Waals surface area contributed by atoms with E-state index in [2.05, 4.69) is 12.1 Å². The molecule has 0 saturated carbocycles. The molecule has 0 saturated heterocycles. The number of carboxylic acid groups (broad SMARTS) is 1. The summed E-state index contributed by atoms with van der Waals surface area (Å²) in [4.78, 5) is 25.0. The van der Waals surface area contributed by atoms with Crippen molar-refractivity contribution in [3.63, 3.8) is 0 Å². The molecule has 0 bridgehead atoms. The van der Waals surface area contributed by atoms with Crippen LogP contribution in [0.3, 0.4) is 0 Å². The van der Waals surface area contributed by atoms with Gasteiger partial charge in [0.25, 0.3) is 0 Å². The molecule has 27 heavy (non-hydrogen) atoms. The van der Waals surface area contributed by atoms with E-state index >= 15 is 0 Å². The molecule has 1 amide bonds. The summed E-state index contributed by atoms with van der Waals surface area (Å²) < 4.78 is 5.51. The normalized spacial score (nSPS) is 13.6. The maximum atomic E-state index is 12.4. The first-order valence-corrected chi connectivity index (χ1v) is 9.33. The van der Waals surface area contributed by atoms with Crippen LogP contribution in [0.4, 0.5) is 4.79 Å². The average molecular weight is 366 g/mol. The lowest BCUT2D eigenvalue weighted by Crippen LogP contribution is -2.49. The molecular formula is C22H24NO4-. The van der Waals surface area contributed by atoms with Crippen LogP contribution in [-0.4, -0.2) is 36.7 Å². The van der Waals surface area contributed by atoms with Crippen molar-refractivity contribution < 1.29 is 19.4 Å². The van der Waals surface area contributed by atoms with Gasteiger partial charge in [-0.25, -0.2) is 4.79 Å². The lowest BCUT2D eigenvalue weighted by Gasteiger charge is -2.28. The predicted molar refractivity (Wildman–Crippen MR) is 101 cm³/mol. The molecule has 0 unspecified atom stereocenters. The van der Waals surface area contributed by atoms with Gasteiger partial charge in [-0.2, -0.15) is 0 Å². The van der Waals surface area contributed by atoms with Gasteiger partial charge in [0.15, 0.2) is 0 Å². The fraction of sp³-hybridized carbons (Fsp3) is 0.364. The van der Waals surface area contributed by atoms with Crippen LogP contribution < -0.4 is 5.11 Å². The number of carboxylic acids is 1. The van der Waals surface area contributed by atoms with E-state index in [-0.39, 0.29) is 12.5 Å². The van der Waals surface area contributed by atoms with E-state index in [4.69, 9.17) is 4.74 Å². The standard InChI is InChI=1S/C22H25NO4/c1-3-4-13-20(21(24)25)23(2)22(26)27-14-19-17-11-7-5-9-15(17)16-10-6-8-12-18(16)19/h5-12,19-20H,3-4,13-14H2,1-2H3,(H,24,25)/p-1/t20-/m0/s1. The number of rotatable bonds is 7. The number of carbonyl (C=O) groups excluding carboxylic acids is 2. The van der Waals surface area contributed by atoms with Crippen molar-refractivity contribution in [2.24, 2.45) is 0 Å². The number of benzene rings is 2. The van der Waals surface area contributed by atoms with E-state index in [9.17, 15) is 14.7 Å². The number of ether oxygens (including phenoxy) is 1. The Hall–Kier alpha value is -2.82. The lowest BCUT2D eigenvalue weighted by atomic mass is 9.98. The lowest BCUT2D eigenvalue weighted by molar-refractivity contribution is -0.311. The molecule has 1 atom stereocenters. The molecule has 2 aromatic rings. The highest BCUT2D eigenvalue weighted by atomic mass is 16.6. The Morgan fingerprint density at radius 2 is 1.63 bits per heavy atom. The molecule has 0 N–H and O–H groups in total. The minimum absolute atomic E-state index is 0.0493. The monoisotopic (exact) mass is 366 g/mol. The van der Waals surface area contributed by atoms with Gasteiger partial charge in [-0.3, -0.25) is 0 Å². The van der Waals surface area contributed by atoms with Crippen molar-refractivity contribution in [3.8, 4) is 11.1 Å². The van der Waals surface area contributed by atoms with E-state index in [0.29, 0.717) is 12.8 Å². The summed E-state index contributed by atoms with van der Waals surface area (Å²) in [6.45, 7) is 2.14. The van der Waals surface area contributed by atoms with E-state index in [0.717, 1.165) is 33.6 Å². The second kappa shape index (κ2) is 8.25. The summed E-state index contributed by atoms with van der Waals surface area (Å²) in [5.41, 5.74) is 4.55. The van der Waals surface area contributed by atoms with Gasteiger partial charge in [0.1, 0.15) is 6.61 Å². The topological polar surface area (TPSA) is 69.7 Å². The quantitative estimate of drug-likeness (QED) is 0.755. The van der Waals surface area contributed by atoms with Gasteiger partial charge in [0.05, 0.1) is 12.0 Å². The van der Waals surface area contributed by atoms with Gasteiger partial charge in [0, 0.05) is 13.0 Å². The number of carbonyl (C=O) groups is 2. The number of nitrogens with zero attached hydrogens (tertiary/aromatic N) is 1. The second-order valence-electron chi connectivity index (χ2n) is 6.89. The number of hydrogen-bond acceptors (Lipinski definition) is 4. The molecule has 5 nitrogen and oxygen atoms in total. The van der Waals surface area contributed by atoms with Gasteiger partial charge >= 0.3 is 6.09 Å². The summed E-state index contributed by atoms with van der Waals surface area (Å²) in [7, 11) is 1.45. The van der Waals surface area contributed by atoms with E-state index in [1.165, 1.54) is 7.05 Å². The van der Waals surface area contributed by atoms with Crippen LogP contribution in [0.2, 0.25) is 0 Å². The number of aliphatic carboxylic acids is 1. The van der Waals surface area contributed by atoms with Crippen molar-refractivity contribution >= 4 is 12.1 Å². The first-order chi connectivity index (χ1) is 13.0. The molecule has 0 spiro atoms. The molecule has 0 fully saturated rings. The van der Waals surface area contributed by atoms with Crippen molar-refractivity contribution in [2.75, 3.05) is 13.7 Å². The Labute approximate surface area is 159 Å². The number of likely N-dealkylation sites (N-methyl/N-ethyl adjacent to an activating group) is 1. The number of amides is 1. The number of fused-ring (bicyclic) bond motifs is 3. The molecule has 0 heterocycles. The molecule has 3 rings (SSSR count). The summed E-state index contributed by atoms with van der Waals surface area (Å²) in [6, 6.07) is 15.2. The van der Waals surface area contributed by atoms with Crippen LogP contribution in [0.1, 0.15) is 43.2 Å². The van der Waals surface area contributed by atoms with Gasteiger partial charge in [-0.1, -0.05) is 68.3 Å². The van der Waals surface area contributed by atoms with Crippen LogP contribution in [0.5, 0.6) is 0 Å². The molecule has 0 aromatic heterocycles. The molecular weight excluding hydrogens is 342 g/mol. The third-order valence-corrected chi connectivity index (χ3v) is 5.19. The Morgan fingerprint density at radius 3 is 2.15 bits per heavy atom. The zero-order valence-electron chi connectivity index (χ0n) is 15.7. The highest BCUT2D eigenvalue weighted by molar-refractivity contribution is 5.80. The molecule has 142 valence electrons. The first-order valence-electron chi connectivity index (χ1n) is 9.33. The largest absolute Gasteiger partial charge is 0.548 e. The fourth-order valence-electron chi connectivity index (χ4n) is 3.69. The van der Waals surface area contributed by atoms with E-state index in [1.54, 1.807) is 0 Å². The van der Waals surface area contributed by atoms with E-state index < -0.39 is 18.1 Å². The second-order valence-corrected chi connectivity index (χ2v) is 6.89. The number of hydrogen-bond donors (Lipinski definition) is 0. The maximum absolute atomic E-state index is 12.4. The van der Waals surface area contributed by atoms with Crippen molar-refractivity contribution in [1.29, 1.82) is 0 Å². The van der Waals surface area contributed by atoms with Crippen molar-refractivity contribution in [3.05, 3.63) is 59.7 Å². The van der Waals surface area contributed by atoms with Crippen LogP contribution in [0, 0.1) is 0 Å². The molecule has 5 heteroatoms. The minimum Gasteiger partial charge on any atom is -0.548 e. The highest BCUT2D eigenvalue weighted by Gasteiger charge is 2.30. The van der Waals surface area contributed by atoms with Crippen LogP contribution in [0.15, 0.2) is 48.5 Å². The highest BCUT2D eigenvalue weighted by Crippen LogP contribution is 2.44. The maximum Gasteiger partial charge on any atom is 0.410 e. The van der Waals surface area contributed by atoms with Gasteiger partial charge in [-0.05, 0) is 28.7 Å². The third-order valence-electron chi connectivity index (χ3n) is 5.19. The SMILES string of the molecule is CCCC[C@@H](C(=O)[O-])N(C)C(=O)OCC1c2ccccc2-c2ccccc21. The van der Waals surface area contributed by atoms with Crippen LogP contribution in [0.25, 0.3) is 11.1 Å². The minimum atomic E-state index is -1.25. The summed E-state index contributed by atoms with van der Waals surface area (Å²) >= 11 is 0. The zero-order valence-corrected chi connectivity index (χ0v) is 15.7. The Morgan fingerprint density at radius 1 is 1.07 bits per heavy atom. The Kier molecular flexibility index (Phi) is 5.79. The number of unbranched alkanes of at least 4 members (excludes halogenated alkanes) is 1. The summed E-state index contributed by atoms with van der Waals surface area (Å²) in [5.74, 6) is -1.30. The molecule has 1 aliphatic carbocycles. The molecule has 0 radical (unpaired) electrons. The smallest absolute Gasteiger partial charge is 0.410 e. The summed E-state index contributed by atoms with van der Waals surface area (Å²) in [6.07, 6.45) is 1.28. The molecule has 1 aliphatic rings. The van der Waals surface area contributed by atoms with Gasteiger partial charge in [-0.15, -0.1) is 0 Å². The van der Waals surface area contributed by atoms with E-state index in [1.807, 2.05) is 43.3 Å². The molecule has 0 aliphatic heterocycles. The van der Waals surface area contributed by atoms with Crippen LogP contribution in [-0.2, 0) is 9.53 Å². The van der Waals surface area contributed by atoms with Crippen LogP contribution >= 0.6 is 0 Å².